The third kappa shape index (κ3) is 11.1. The molecule has 4 aliphatic rings. The monoisotopic (exact) mass is 906 g/mol. The molecule has 1 aromatic carbocycles. The summed E-state index contributed by atoms with van der Waals surface area (Å²) in [6.45, 7) is 4.17. The highest BCUT2D eigenvalue weighted by atomic mass is 16.3. The van der Waals surface area contributed by atoms with Gasteiger partial charge in [-0.3, -0.25) is 38.4 Å². The quantitative estimate of drug-likeness (QED) is 0.0769. The van der Waals surface area contributed by atoms with Gasteiger partial charge in [-0.15, -0.1) is 0 Å². The van der Waals surface area contributed by atoms with Crippen LogP contribution in [0.15, 0.2) is 30.5 Å². The van der Waals surface area contributed by atoms with E-state index in [-0.39, 0.29) is 37.2 Å². The lowest BCUT2D eigenvalue weighted by molar-refractivity contribution is -0.150. The van der Waals surface area contributed by atoms with Crippen molar-refractivity contribution < 1.29 is 43.5 Å². The van der Waals surface area contributed by atoms with Crippen LogP contribution in [0.2, 0.25) is 0 Å². The van der Waals surface area contributed by atoms with Gasteiger partial charge in [-0.1, -0.05) is 32.0 Å². The highest BCUT2D eigenvalue weighted by Gasteiger charge is 2.47. The first-order valence-electron chi connectivity index (χ1n) is 23.2. The number of likely N-dealkylation sites (tertiary alicyclic amines) is 4. The van der Waals surface area contributed by atoms with Crippen molar-refractivity contribution in [2.45, 2.75) is 139 Å². The molecule has 65 heavy (non-hydrogen) atoms. The molecule has 4 saturated heterocycles. The molecule has 11 N–H and O–H groups in total. The number of aromatic nitrogens is 1. The predicted molar refractivity (Wildman–Crippen MR) is 239 cm³/mol. The van der Waals surface area contributed by atoms with Crippen molar-refractivity contribution in [1.29, 1.82) is 0 Å². The smallest absolute Gasteiger partial charge is 0.248 e. The van der Waals surface area contributed by atoms with Crippen molar-refractivity contribution in [2.24, 2.45) is 23.1 Å². The first-order valence-corrected chi connectivity index (χ1v) is 23.2. The van der Waals surface area contributed by atoms with E-state index in [9.17, 15) is 43.5 Å². The van der Waals surface area contributed by atoms with Crippen LogP contribution in [0.25, 0.3) is 10.9 Å². The number of nitrogens with zero attached hydrogens (tertiary/aromatic N) is 4. The van der Waals surface area contributed by atoms with Crippen molar-refractivity contribution in [1.82, 2.24) is 40.5 Å². The number of hydrogen-bond donors (Lipinski definition) is 8. The fourth-order valence-electron chi connectivity index (χ4n) is 9.89. The Balaban J connectivity index is 1.08. The zero-order valence-electron chi connectivity index (χ0n) is 37.5. The Kier molecular flexibility index (Phi) is 16.6. The fourth-order valence-corrected chi connectivity index (χ4v) is 9.89. The molecule has 0 bridgehead atoms. The number of benzene rings is 1. The van der Waals surface area contributed by atoms with E-state index in [1.165, 1.54) is 9.80 Å². The van der Waals surface area contributed by atoms with Crippen LogP contribution in [0.5, 0.6) is 0 Å². The number of aliphatic hydroxyl groups is 1. The SMILES string of the molecule is CC(C)[C@H](NC(=O)[C@H](CCCCN)NC(=O)[C@@H]1CCCN1C(=O)[C@@H]1CCCN1C(=O)[C@@H]1CCCN1C(=O)[C@@H](N)Cc1c[nH]c2ccccc12)C(=O)N[C@@H](CO)C(=O)N1CCC[C@H]1C(N)=O. The lowest BCUT2D eigenvalue weighted by Gasteiger charge is -2.34. The Morgan fingerprint density at radius 2 is 1.29 bits per heavy atom. The Hall–Kier alpha value is -5.60. The van der Waals surface area contributed by atoms with Gasteiger partial charge < -0.3 is 62.8 Å². The molecule has 2 aromatic rings. The van der Waals surface area contributed by atoms with E-state index in [0.29, 0.717) is 90.3 Å². The van der Waals surface area contributed by atoms with E-state index < -0.39 is 90.4 Å². The molecular formula is C45H67N11O9. The summed E-state index contributed by atoms with van der Waals surface area (Å²) in [5.41, 5.74) is 19.6. The minimum Gasteiger partial charge on any atom is -0.394 e. The molecule has 6 rings (SSSR count). The second-order valence-electron chi connectivity index (χ2n) is 18.2. The molecule has 0 radical (unpaired) electrons. The van der Waals surface area contributed by atoms with Gasteiger partial charge in [0, 0.05) is 43.3 Å². The maximum atomic E-state index is 14.4. The van der Waals surface area contributed by atoms with E-state index >= 15 is 0 Å². The minimum absolute atomic E-state index is 0.177. The first-order chi connectivity index (χ1) is 31.2. The largest absolute Gasteiger partial charge is 0.394 e. The molecule has 4 fully saturated rings. The van der Waals surface area contributed by atoms with Crippen LogP contribution in [0.3, 0.4) is 0 Å². The first kappa shape index (κ1) is 48.8. The van der Waals surface area contributed by atoms with Crippen molar-refractivity contribution in [3.05, 3.63) is 36.0 Å². The molecule has 356 valence electrons. The van der Waals surface area contributed by atoms with Gasteiger partial charge in [-0.2, -0.15) is 0 Å². The van der Waals surface area contributed by atoms with E-state index in [1.807, 2.05) is 30.5 Å². The van der Waals surface area contributed by atoms with Crippen LogP contribution in [-0.2, 0) is 44.8 Å². The molecule has 8 amide bonds. The van der Waals surface area contributed by atoms with Crippen molar-refractivity contribution >= 4 is 58.2 Å². The molecule has 20 heteroatoms. The van der Waals surface area contributed by atoms with Gasteiger partial charge >= 0.3 is 0 Å². The maximum absolute atomic E-state index is 14.4. The van der Waals surface area contributed by atoms with Gasteiger partial charge in [0.1, 0.15) is 42.3 Å². The standard InChI is InChI=1S/C45H67N11O9/c1-26(2)37(41(61)51-32(25-57)43(63)53-19-7-14-33(53)38(48)58)52-39(59)31(13-5-6-18-46)50-40(60)34-15-8-20-54(34)44(64)36-17-10-22-56(36)45(65)35-16-9-21-55(35)42(62)29(47)23-27-24-49-30-12-4-3-11-28(27)30/h3-4,11-12,24,26,29,31-37,49,57H,5-10,13-23,25,46-47H2,1-2H3,(H2,48,58)(H,50,60)(H,51,61)(H,52,59)/t29-,31-,32-,33-,34-,35-,36-,37-/m0/s1. The number of carbonyl (C=O) groups excluding carboxylic acids is 8. The molecule has 0 spiro atoms. The third-order valence-corrected chi connectivity index (χ3v) is 13.4. The zero-order valence-corrected chi connectivity index (χ0v) is 37.5. The molecule has 0 unspecified atom stereocenters. The summed E-state index contributed by atoms with van der Waals surface area (Å²) in [5.74, 6) is -4.81. The molecule has 5 heterocycles. The van der Waals surface area contributed by atoms with Gasteiger partial charge in [0.15, 0.2) is 0 Å². The maximum Gasteiger partial charge on any atom is 0.248 e. The Labute approximate surface area is 379 Å². The van der Waals surface area contributed by atoms with Crippen LogP contribution in [0, 0.1) is 5.92 Å². The number of unbranched alkanes of at least 4 members (excludes halogenated alkanes) is 1. The number of para-hydroxylation sites is 1. The van der Waals surface area contributed by atoms with Crippen LogP contribution in [0.1, 0.15) is 90.0 Å². The average molecular weight is 906 g/mol. The lowest BCUT2D eigenvalue weighted by atomic mass is 10.0. The van der Waals surface area contributed by atoms with Gasteiger partial charge in [0.2, 0.25) is 47.3 Å². The highest BCUT2D eigenvalue weighted by molar-refractivity contribution is 5.98. The molecule has 20 nitrogen and oxygen atoms in total. The van der Waals surface area contributed by atoms with E-state index in [4.69, 9.17) is 17.2 Å². The summed E-state index contributed by atoms with van der Waals surface area (Å²) < 4.78 is 0. The van der Waals surface area contributed by atoms with E-state index in [0.717, 1.165) is 16.5 Å². The number of primary amides is 1. The number of H-pyrrole nitrogens is 1. The Morgan fingerprint density at radius 1 is 0.723 bits per heavy atom. The predicted octanol–water partition coefficient (Wildman–Crippen LogP) is -1.28. The second kappa shape index (κ2) is 22.1. The third-order valence-electron chi connectivity index (χ3n) is 13.4. The number of aliphatic hydroxyl groups excluding tert-OH is 1. The Morgan fingerprint density at radius 3 is 1.91 bits per heavy atom. The number of fused-ring (bicyclic) bond motifs is 1. The number of rotatable bonds is 19. The number of amides is 8. The van der Waals surface area contributed by atoms with Gasteiger partial charge in [-0.25, -0.2) is 0 Å². The van der Waals surface area contributed by atoms with Gasteiger partial charge in [-0.05, 0) is 101 Å². The molecule has 0 aliphatic carbocycles. The number of nitrogens with two attached hydrogens (primary N) is 3. The molecule has 8 atom stereocenters. The minimum atomic E-state index is -1.39. The second-order valence-corrected chi connectivity index (χ2v) is 18.2. The van der Waals surface area contributed by atoms with Crippen molar-refractivity contribution in [3.63, 3.8) is 0 Å². The van der Waals surface area contributed by atoms with Gasteiger partial charge in [0.25, 0.3) is 0 Å². The summed E-state index contributed by atoms with van der Waals surface area (Å²) in [5, 5.41) is 19.1. The number of carbonyl (C=O) groups is 8. The molecule has 1 aromatic heterocycles. The summed E-state index contributed by atoms with van der Waals surface area (Å²) in [4.78, 5) is 118. The van der Waals surface area contributed by atoms with Crippen LogP contribution in [-0.4, -0.2) is 165 Å². The Bertz CT molecular complexity index is 2080. The number of aromatic amines is 1. The average Bonchev–Trinajstić information content (AvgIpc) is 4.15. The van der Waals surface area contributed by atoms with Crippen molar-refractivity contribution in [2.75, 3.05) is 39.3 Å². The highest BCUT2D eigenvalue weighted by Crippen LogP contribution is 2.30. The van der Waals surface area contributed by atoms with Crippen LogP contribution >= 0.6 is 0 Å². The number of hydrogen-bond acceptors (Lipinski definition) is 11. The normalized spacial score (nSPS) is 22.8. The molecule has 0 saturated carbocycles. The van der Waals surface area contributed by atoms with E-state index in [2.05, 4.69) is 20.9 Å². The van der Waals surface area contributed by atoms with Crippen LogP contribution < -0.4 is 33.2 Å². The number of nitrogens with one attached hydrogen (secondary N) is 4. The summed E-state index contributed by atoms with van der Waals surface area (Å²) in [7, 11) is 0. The summed E-state index contributed by atoms with van der Waals surface area (Å²) >= 11 is 0. The topological polar surface area (TPSA) is 300 Å². The molecular weight excluding hydrogens is 839 g/mol. The van der Waals surface area contributed by atoms with Gasteiger partial charge in [0.05, 0.1) is 12.6 Å². The summed E-state index contributed by atoms with van der Waals surface area (Å²) in [6, 6.07) is -0.175. The van der Waals surface area contributed by atoms with E-state index in [1.54, 1.807) is 23.6 Å². The van der Waals surface area contributed by atoms with Crippen LogP contribution in [0.4, 0.5) is 0 Å². The zero-order chi connectivity index (χ0) is 46.9. The lowest BCUT2D eigenvalue weighted by Crippen LogP contribution is -2.61. The fraction of sp³-hybridized carbons (Fsp3) is 0.644. The summed E-state index contributed by atoms with van der Waals surface area (Å²) in [6.07, 6.45) is 7.11. The molecule has 4 aliphatic heterocycles. The van der Waals surface area contributed by atoms with Crippen molar-refractivity contribution in [3.8, 4) is 0 Å².